The van der Waals surface area contributed by atoms with Gasteiger partial charge in [-0.25, -0.2) is 0 Å². The molecule has 178 valence electrons. The zero-order valence-electron chi connectivity index (χ0n) is 20.2. The van der Waals surface area contributed by atoms with Gasteiger partial charge in [-0.1, -0.05) is 56.3 Å². The highest BCUT2D eigenvalue weighted by Crippen LogP contribution is 2.34. The third kappa shape index (κ3) is 4.48. The highest BCUT2D eigenvalue weighted by atomic mass is 16.5. The number of nitrogens with zero attached hydrogens (tertiary/aromatic N) is 3. The molecule has 0 spiro atoms. The maximum Gasteiger partial charge on any atom is 0.277 e. The van der Waals surface area contributed by atoms with Crippen molar-refractivity contribution < 1.29 is 14.3 Å². The van der Waals surface area contributed by atoms with E-state index in [0.717, 1.165) is 5.56 Å². The molecule has 0 fully saturated rings. The number of amides is 2. The lowest BCUT2D eigenvalue weighted by Gasteiger charge is -2.43. The smallest absolute Gasteiger partial charge is 0.277 e. The highest BCUT2D eigenvalue weighted by Gasteiger charge is 2.48. The van der Waals surface area contributed by atoms with E-state index in [1.165, 1.54) is 5.56 Å². The molecule has 0 radical (unpaired) electrons. The maximum atomic E-state index is 13.8. The van der Waals surface area contributed by atoms with Crippen LogP contribution in [0.25, 0.3) is 11.3 Å². The Balaban J connectivity index is 1.74. The van der Waals surface area contributed by atoms with Gasteiger partial charge < -0.3 is 10.1 Å². The Morgan fingerprint density at radius 3 is 2.50 bits per heavy atom. The van der Waals surface area contributed by atoms with Crippen LogP contribution < -0.4 is 10.2 Å². The predicted octanol–water partition coefficient (Wildman–Crippen LogP) is 4.25. The minimum atomic E-state index is -1.14. The molecule has 0 aliphatic carbocycles. The number of fused-ring (bicyclic) bond motifs is 1. The number of nitrogens with one attached hydrogen (secondary N) is 1. The van der Waals surface area contributed by atoms with E-state index >= 15 is 0 Å². The van der Waals surface area contributed by atoms with Crippen LogP contribution in [0, 0.1) is 0 Å². The molecular weight excluding hydrogens is 428 g/mol. The quantitative estimate of drug-likeness (QED) is 0.510. The van der Waals surface area contributed by atoms with Crippen LogP contribution in [0.5, 0.6) is 0 Å². The van der Waals surface area contributed by atoms with Crippen molar-refractivity contribution in [1.82, 2.24) is 15.1 Å². The topological polar surface area (TPSA) is 76.5 Å². The first kappa shape index (κ1) is 23.7. The molecule has 7 heteroatoms. The molecule has 0 saturated carbocycles. The first-order valence-electron chi connectivity index (χ1n) is 11.7. The summed E-state index contributed by atoms with van der Waals surface area (Å²) in [5, 5.41) is 7.69. The molecule has 0 saturated heterocycles. The van der Waals surface area contributed by atoms with E-state index < -0.39 is 5.54 Å². The number of methoxy groups -OCH3 is 1. The number of hydrogen-bond donors (Lipinski definition) is 1. The van der Waals surface area contributed by atoms with Crippen LogP contribution in [-0.4, -0.2) is 47.4 Å². The van der Waals surface area contributed by atoms with E-state index in [9.17, 15) is 9.59 Å². The van der Waals surface area contributed by atoms with Crippen LogP contribution >= 0.6 is 0 Å². The van der Waals surface area contributed by atoms with Crippen LogP contribution in [0.15, 0.2) is 60.7 Å². The molecule has 1 aliphatic heterocycles. The van der Waals surface area contributed by atoms with Crippen molar-refractivity contribution in [3.05, 3.63) is 71.9 Å². The van der Waals surface area contributed by atoms with Crippen molar-refractivity contribution in [1.29, 1.82) is 0 Å². The van der Waals surface area contributed by atoms with Crippen molar-refractivity contribution in [2.75, 3.05) is 25.2 Å². The van der Waals surface area contributed by atoms with Gasteiger partial charge in [0.25, 0.3) is 5.91 Å². The lowest BCUT2D eigenvalue weighted by Crippen LogP contribution is -2.64. The molecule has 2 heterocycles. The van der Waals surface area contributed by atoms with E-state index in [-0.39, 0.29) is 18.4 Å². The first-order chi connectivity index (χ1) is 16.3. The second kappa shape index (κ2) is 9.81. The van der Waals surface area contributed by atoms with E-state index in [4.69, 9.17) is 9.84 Å². The normalized spacial score (nSPS) is 17.7. The van der Waals surface area contributed by atoms with Crippen LogP contribution in [0.4, 0.5) is 5.69 Å². The molecule has 4 rings (SSSR count). The Kier molecular flexibility index (Phi) is 6.84. The summed E-state index contributed by atoms with van der Waals surface area (Å²) in [6.45, 7) is 7.34. The Morgan fingerprint density at radius 1 is 1.15 bits per heavy atom. The van der Waals surface area contributed by atoms with Gasteiger partial charge in [0.05, 0.1) is 12.2 Å². The van der Waals surface area contributed by atoms with Gasteiger partial charge >= 0.3 is 0 Å². The summed E-state index contributed by atoms with van der Waals surface area (Å²) in [4.78, 5) is 28.9. The zero-order chi connectivity index (χ0) is 24.3. The molecule has 2 amide bonds. The number of anilines is 1. The Morgan fingerprint density at radius 2 is 1.85 bits per heavy atom. The summed E-state index contributed by atoms with van der Waals surface area (Å²) in [5.74, 6) is -0.0866. The van der Waals surface area contributed by atoms with Gasteiger partial charge in [-0.3, -0.25) is 19.2 Å². The monoisotopic (exact) mass is 460 g/mol. The second-order valence-corrected chi connectivity index (χ2v) is 9.20. The van der Waals surface area contributed by atoms with Crippen LogP contribution in [0.2, 0.25) is 0 Å². The molecule has 1 aromatic heterocycles. The van der Waals surface area contributed by atoms with Gasteiger partial charge in [0, 0.05) is 31.5 Å². The van der Waals surface area contributed by atoms with Crippen molar-refractivity contribution in [3.63, 3.8) is 0 Å². The van der Waals surface area contributed by atoms with Crippen molar-refractivity contribution in [3.8, 4) is 11.3 Å². The average molecular weight is 461 g/mol. The zero-order valence-corrected chi connectivity index (χ0v) is 20.2. The molecule has 1 atom stereocenters. The minimum Gasteiger partial charge on any atom is -0.385 e. The summed E-state index contributed by atoms with van der Waals surface area (Å²) in [7, 11) is 1.63. The van der Waals surface area contributed by atoms with Crippen LogP contribution in [-0.2, 0) is 16.1 Å². The van der Waals surface area contributed by atoms with Gasteiger partial charge in [-0.15, -0.1) is 0 Å². The minimum absolute atomic E-state index is 0.215. The van der Waals surface area contributed by atoms with Crippen molar-refractivity contribution >= 4 is 17.5 Å². The number of benzene rings is 2. The summed E-state index contributed by atoms with van der Waals surface area (Å²) in [6, 6.07) is 19.4. The van der Waals surface area contributed by atoms with Crippen LogP contribution in [0.1, 0.15) is 49.2 Å². The molecule has 0 bridgehead atoms. The SMILES string of the molecule is COCCCNC(=O)C1(C)Cn2nc(-c3ccccc3)cc2C(=O)N1c1ccc(C(C)C)cc1. The van der Waals surface area contributed by atoms with E-state index in [0.29, 0.717) is 42.6 Å². The molecular formula is C27H32N4O3. The van der Waals surface area contributed by atoms with E-state index in [2.05, 4.69) is 19.2 Å². The summed E-state index contributed by atoms with van der Waals surface area (Å²) >= 11 is 0. The Hall–Kier alpha value is -3.45. The maximum absolute atomic E-state index is 13.8. The van der Waals surface area contributed by atoms with Crippen LogP contribution in [0.3, 0.4) is 0 Å². The molecule has 1 N–H and O–H groups in total. The third-order valence-corrected chi connectivity index (χ3v) is 6.34. The van der Waals surface area contributed by atoms with Gasteiger partial charge in [-0.05, 0) is 43.0 Å². The van der Waals surface area contributed by atoms with Crippen molar-refractivity contribution in [2.45, 2.75) is 45.2 Å². The fourth-order valence-corrected chi connectivity index (χ4v) is 4.35. The highest BCUT2D eigenvalue weighted by molar-refractivity contribution is 6.12. The fraction of sp³-hybridized carbons (Fsp3) is 0.370. The van der Waals surface area contributed by atoms with Gasteiger partial charge in [0.15, 0.2) is 0 Å². The molecule has 7 nitrogen and oxygen atoms in total. The summed E-state index contributed by atoms with van der Waals surface area (Å²) in [6.07, 6.45) is 0.695. The Labute approximate surface area is 200 Å². The number of rotatable bonds is 8. The van der Waals surface area contributed by atoms with Gasteiger partial charge in [-0.2, -0.15) is 5.10 Å². The number of hydrogen-bond acceptors (Lipinski definition) is 4. The number of carbonyl (C=O) groups is 2. The van der Waals surface area contributed by atoms with Gasteiger partial charge in [0.2, 0.25) is 5.91 Å². The molecule has 3 aromatic rings. The average Bonchev–Trinajstić information content (AvgIpc) is 3.26. The number of carbonyl (C=O) groups excluding carboxylic acids is 2. The number of ether oxygens (including phenoxy) is 1. The molecule has 1 aliphatic rings. The van der Waals surface area contributed by atoms with Gasteiger partial charge in [0.1, 0.15) is 11.2 Å². The molecule has 2 aromatic carbocycles. The lowest BCUT2D eigenvalue weighted by molar-refractivity contribution is -0.126. The molecule has 34 heavy (non-hydrogen) atoms. The lowest BCUT2D eigenvalue weighted by atomic mass is 9.93. The van der Waals surface area contributed by atoms with E-state index in [1.54, 1.807) is 23.6 Å². The number of aromatic nitrogens is 2. The fourth-order valence-electron chi connectivity index (χ4n) is 4.35. The second-order valence-electron chi connectivity index (χ2n) is 9.20. The standard InChI is InChI=1S/C27H32N4O3/c1-19(2)20-11-13-22(14-12-20)31-25(32)24-17-23(21-9-6-5-7-10-21)29-30(24)18-27(31,3)26(33)28-15-8-16-34-4/h5-7,9-14,17,19H,8,15-16,18H2,1-4H3,(H,28,33). The third-order valence-electron chi connectivity index (χ3n) is 6.34. The van der Waals surface area contributed by atoms with Crippen molar-refractivity contribution in [2.24, 2.45) is 0 Å². The summed E-state index contributed by atoms with van der Waals surface area (Å²) < 4.78 is 6.76. The summed E-state index contributed by atoms with van der Waals surface area (Å²) in [5.41, 5.74) is 2.83. The predicted molar refractivity (Wildman–Crippen MR) is 133 cm³/mol. The molecule has 1 unspecified atom stereocenters. The van der Waals surface area contributed by atoms with E-state index in [1.807, 2.05) is 60.7 Å². The largest absolute Gasteiger partial charge is 0.385 e. The first-order valence-corrected chi connectivity index (χ1v) is 11.7. The Bertz CT molecular complexity index is 1150.